The van der Waals surface area contributed by atoms with Crippen molar-refractivity contribution in [1.29, 1.82) is 0 Å². The van der Waals surface area contributed by atoms with Gasteiger partial charge in [0.2, 0.25) is 5.91 Å². The Bertz CT molecular complexity index is 1270. The summed E-state index contributed by atoms with van der Waals surface area (Å²) in [4.78, 5) is 22.1. The quantitative estimate of drug-likeness (QED) is 0.222. The molecule has 3 atom stereocenters. The molecule has 0 bridgehead atoms. The molecule has 3 aliphatic rings. The topological polar surface area (TPSA) is 71.7 Å². The second kappa shape index (κ2) is 13.5. The Kier molecular flexibility index (Phi) is 9.53. The van der Waals surface area contributed by atoms with E-state index in [0.29, 0.717) is 33.0 Å². The normalized spacial score (nSPS) is 22.6. The molecule has 212 valence electrons. The Balaban J connectivity index is 1.07. The van der Waals surface area contributed by atoms with E-state index in [1.807, 2.05) is 12.2 Å². The van der Waals surface area contributed by atoms with Crippen molar-refractivity contribution in [2.75, 3.05) is 37.8 Å². The van der Waals surface area contributed by atoms with Crippen molar-refractivity contribution in [3.05, 3.63) is 83.7 Å². The minimum atomic E-state index is 0.0571. The first-order valence-electron chi connectivity index (χ1n) is 14.5. The van der Waals surface area contributed by atoms with E-state index < -0.39 is 0 Å². The van der Waals surface area contributed by atoms with Gasteiger partial charge in [0, 0.05) is 25.6 Å². The van der Waals surface area contributed by atoms with Crippen LogP contribution < -0.4 is 10.5 Å². The van der Waals surface area contributed by atoms with Crippen molar-refractivity contribution >= 4 is 26.1 Å². The number of amides is 1. The van der Waals surface area contributed by atoms with Gasteiger partial charge in [0.15, 0.2) is 5.57 Å². The molecule has 3 heterocycles. The monoisotopic (exact) mass is 560 g/mol. The fraction of sp³-hybridized carbons (Fsp3) is 0.469. The number of nitrogens with zero attached hydrogens (tertiary/aromatic N) is 4. The number of hydrogen-bond donors (Lipinski definition) is 0. The van der Waals surface area contributed by atoms with Gasteiger partial charge in [-0.15, -0.1) is 0 Å². The summed E-state index contributed by atoms with van der Waals surface area (Å²) in [6.07, 6.45) is 15.5. The van der Waals surface area contributed by atoms with Crippen molar-refractivity contribution < 1.29 is 14.1 Å². The summed E-state index contributed by atoms with van der Waals surface area (Å²) < 4.78 is 11.2. The minimum Gasteiger partial charge on any atom is -0.501 e. The summed E-state index contributed by atoms with van der Waals surface area (Å²) in [6, 6.07) is 9.31. The van der Waals surface area contributed by atoms with Gasteiger partial charge in [-0.2, -0.15) is 4.98 Å². The van der Waals surface area contributed by atoms with E-state index in [2.05, 4.69) is 76.5 Å². The number of anilines is 1. The summed E-state index contributed by atoms with van der Waals surface area (Å²) in [6.45, 7) is 11.6. The first-order valence-corrected chi connectivity index (χ1v) is 16.0. The van der Waals surface area contributed by atoms with Crippen molar-refractivity contribution in [1.82, 2.24) is 15.0 Å². The lowest BCUT2D eigenvalue weighted by Crippen LogP contribution is -2.42. The molecular formula is C32H41N4O3P. The van der Waals surface area contributed by atoms with E-state index in [1.165, 1.54) is 16.7 Å². The number of rotatable bonds is 9. The highest BCUT2D eigenvalue weighted by atomic mass is 31.1. The molecule has 0 radical (unpaired) electrons. The largest absolute Gasteiger partial charge is 0.501 e. The number of carbonyl (C=O) groups excluding carboxylic acids is 1. The zero-order valence-corrected chi connectivity index (χ0v) is 24.7. The van der Waals surface area contributed by atoms with Gasteiger partial charge in [-0.05, 0) is 95.0 Å². The summed E-state index contributed by atoms with van der Waals surface area (Å²) in [5, 5.41) is 4.01. The van der Waals surface area contributed by atoms with Crippen LogP contribution in [0.25, 0.3) is 0 Å². The lowest BCUT2D eigenvalue weighted by atomic mass is 9.84. The van der Waals surface area contributed by atoms with Gasteiger partial charge in [-0.3, -0.25) is 4.79 Å². The van der Waals surface area contributed by atoms with Crippen molar-refractivity contribution in [2.24, 2.45) is 11.8 Å². The maximum Gasteiger partial charge on any atom is 0.324 e. The van der Waals surface area contributed by atoms with Gasteiger partial charge in [0.05, 0.1) is 18.9 Å². The molecule has 40 heavy (non-hydrogen) atoms. The predicted octanol–water partition coefficient (Wildman–Crippen LogP) is 5.73. The van der Waals surface area contributed by atoms with Crippen LogP contribution in [0.2, 0.25) is 0 Å². The average Bonchev–Trinajstić information content (AvgIpc) is 3.49. The third-order valence-corrected chi connectivity index (χ3v) is 9.19. The number of piperidine rings is 1. The molecule has 1 aromatic heterocycles. The Morgan fingerprint density at radius 3 is 2.75 bits per heavy atom. The van der Waals surface area contributed by atoms with Gasteiger partial charge in [-0.25, -0.2) is 0 Å². The van der Waals surface area contributed by atoms with Gasteiger partial charge in [0.1, 0.15) is 0 Å². The van der Waals surface area contributed by atoms with E-state index in [0.717, 1.165) is 69.3 Å². The van der Waals surface area contributed by atoms with Gasteiger partial charge in [-0.1, -0.05) is 54.2 Å². The molecule has 1 fully saturated rings. The Hall–Kier alpha value is -3.18. The van der Waals surface area contributed by atoms with E-state index in [1.54, 1.807) is 6.26 Å². The van der Waals surface area contributed by atoms with E-state index in [-0.39, 0.29) is 12.0 Å². The van der Waals surface area contributed by atoms with Crippen LogP contribution in [0.3, 0.4) is 0 Å². The molecule has 2 aliphatic heterocycles. The number of allylic oxidation sites excluding steroid dienone is 6. The molecule has 2 aromatic rings. The molecule has 1 saturated heterocycles. The summed E-state index contributed by atoms with van der Waals surface area (Å²) in [5.41, 5.74) is 5.82. The van der Waals surface area contributed by atoms with Crippen molar-refractivity contribution in [2.45, 2.75) is 51.5 Å². The van der Waals surface area contributed by atoms with Crippen LogP contribution in [0.1, 0.15) is 56.2 Å². The van der Waals surface area contributed by atoms with Crippen LogP contribution in [0.4, 0.5) is 6.01 Å². The van der Waals surface area contributed by atoms with Gasteiger partial charge < -0.3 is 19.1 Å². The Morgan fingerprint density at radius 1 is 1.20 bits per heavy atom. The lowest BCUT2D eigenvalue weighted by Gasteiger charge is -2.38. The molecule has 5 rings (SSSR count). The second-order valence-electron chi connectivity index (χ2n) is 10.9. The lowest BCUT2D eigenvalue weighted by molar-refractivity contribution is -0.138. The fourth-order valence-corrected chi connectivity index (χ4v) is 6.41. The second-order valence-corrected chi connectivity index (χ2v) is 11.9. The van der Waals surface area contributed by atoms with Crippen LogP contribution in [0.5, 0.6) is 0 Å². The molecule has 0 N–H and O–H groups in total. The molecular weight excluding hydrogens is 519 g/mol. The summed E-state index contributed by atoms with van der Waals surface area (Å²) >= 11 is 0. The molecule has 0 spiro atoms. The molecule has 1 aromatic carbocycles. The predicted molar refractivity (Wildman–Crippen MR) is 162 cm³/mol. The fourth-order valence-electron chi connectivity index (χ4n) is 6.06. The van der Waals surface area contributed by atoms with Gasteiger partial charge in [0.25, 0.3) is 0 Å². The van der Waals surface area contributed by atoms with Crippen LogP contribution in [0, 0.1) is 11.8 Å². The number of fused-ring (bicyclic) bond motifs is 1. The highest BCUT2D eigenvalue weighted by Gasteiger charge is 2.32. The zero-order valence-electron chi connectivity index (χ0n) is 23.7. The Labute approximate surface area is 239 Å². The molecule has 7 nitrogen and oxygen atoms in total. The van der Waals surface area contributed by atoms with Crippen LogP contribution in [0.15, 0.2) is 77.1 Å². The van der Waals surface area contributed by atoms with Crippen molar-refractivity contribution in [3.8, 4) is 0 Å². The molecule has 8 heteroatoms. The SMILES string of the molecule is C=C/C(=C\C=C\OCC1CCN(c2nc(PC)no2)CC1)C1=CCC(C(=O)N2CCc3ccccc3C2C)CC1. The third-order valence-electron chi connectivity index (χ3n) is 8.54. The van der Waals surface area contributed by atoms with Gasteiger partial charge >= 0.3 is 6.01 Å². The van der Waals surface area contributed by atoms with Crippen LogP contribution >= 0.6 is 8.58 Å². The maximum atomic E-state index is 13.4. The number of carbonyl (C=O) groups is 1. The number of aromatic nitrogens is 2. The minimum absolute atomic E-state index is 0.0571. The summed E-state index contributed by atoms with van der Waals surface area (Å²) in [7, 11) is 0.551. The summed E-state index contributed by atoms with van der Waals surface area (Å²) in [5.74, 6) is 0.872. The molecule has 1 aliphatic carbocycles. The first-order chi connectivity index (χ1) is 19.6. The molecule has 3 unspecified atom stereocenters. The maximum absolute atomic E-state index is 13.4. The highest BCUT2D eigenvalue weighted by Crippen LogP contribution is 2.34. The standard InChI is InChI=1S/C32H41N4O3P/c1-4-25(9-7-21-38-22-24-15-18-35(19-16-24)32-33-31(40-3)34-39-32)26-11-13-28(14-12-26)30(37)36-20-17-27-8-5-6-10-29(27)23(36)2/h4-11,21,23-24,28,40H,1,12-20,22H2,2-3H3/b21-7+,25-9+. The third kappa shape index (κ3) is 6.58. The molecule has 1 amide bonds. The van der Waals surface area contributed by atoms with Crippen LogP contribution in [-0.4, -0.2) is 53.9 Å². The van der Waals surface area contributed by atoms with E-state index in [4.69, 9.17) is 9.26 Å². The first kappa shape index (κ1) is 28.4. The van der Waals surface area contributed by atoms with Crippen molar-refractivity contribution in [3.63, 3.8) is 0 Å². The Morgan fingerprint density at radius 2 is 2.02 bits per heavy atom. The zero-order chi connectivity index (χ0) is 27.9. The number of hydrogen-bond acceptors (Lipinski definition) is 6. The average molecular weight is 561 g/mol. The van der Waals surface area contributed by atoms with E-state index in [9.17, 15) is 4.79 Å². The van der Waals surface area contributed by atoms with Crippen LogP contribution in [-0.2, 0) is 16.0 Å². The van der Waals surface area contributed by atoms with E-state index >= 15 is 0 Å². The molecule has 0 saturated carbocycles. The number of ether oxygens (including phenoxy) is 1. The smallest absolute Gasteiger partial charge is 0.324 e. The highest BCUT2D eigenvalue weighted by molar-refractivity contribution is 7.45. The number of benzene rings is 1.